The highest BCUT2D eigenvalue weighted by Gasteiger charge is 2.13. The van der Waals surface area contributed by atoms with E-state index in [0.29, 0.717) is 32.8 Å². The molecule has 3 aromatic rings. The molecule has 144 valence electrons. The predicted octanol–water partition coefficient (Wildman–Crippen LogP) is 6.58. The highest BCUT2D eigenvalue weighted by atomic mass is 35.5. The van der Waals surface area contributed by atoms with E-state index in [0.717, 1.165) is 16.7 Å². The van der Waals surface area contributed by atoms with Crippen LogP contribution in [0, 0.1) is 0 Å². The minimum atomic E-state index is -0.0889. The third kappa shape index (κ3) is 4.99. The van der Waals surface area contributed by atoms with E-state index in [4.69, 9.17) is 39.5 Å². The van der Waals surface area contributed by atoms with Crippen LogP contribution in [-0.2, 0) is 11.2 Å². The Bertz CT molecular complexity index is 1010. The van der Waals surface area contributed by atoms with Crippen molar-refractivity contribution < 1.29 is 14.6 Å². The number of Topliss-reactive ketones (excluding diaryl/α,β-unsaturated/α-hetero) is 1. The summed E-state index contributed by atoms with van der Waals surface area (Å²) in [7, 11) is 0. The van der Waals surface area contributed by atoms with Gasteiger partial charge in [0, 0.05) is 27.1 Å². The van der Waals surface area contributed by atoms with Crippen molar-refractivity contribution >= 4 is 40.6 Å². The van der Waals surface area contributed by atoms with E-state index in [9.17, 15) is 9.90 Å². The van der Waals surface area contributed by atoms with Crippen LogP contribution in [0.25, 0.3) is 11.1 Å². The largest absolute Gasteiger partial charge is 0.507 e. The molecule has 28 heavy (non-hydrogen) atoms. The number of rotatable bonds is 6. The fraction of sp³-hybridized carbons (Fsp3) is 0.136. The number of hydrogen-bond acceptors (Lipinski definition) is 3. The third-order valence-corrected chi connectivity index (χ3v) is 5.04. The summed E-state index contributed by atoms with van der Waals surface area (Å²) in [6, 6.07) is 15.9. The summed E-state index contributed by atoms with van der Waals surface area (Å²) in [6.07, 6.45) is 0.471. The Kier molecular flexibility index (Phi) is 6.50. The van der Waals surface area contributed by atoms with Crippen LogP contribution in [0.15, 0.2) is 54.6 Å². The molecule has 3 aromatic carbocycles. The molecule has 1 N–H and O–H groups in total. The number of phenols is 1. The maximum absolute atomic E-state index is 11.1. The molecule has 6 heteroatoms. The average Bonchev–Trinajstić information content (AvgIpc) is 2.64. The summed E-state index contributed by atoms with van der Waals surface area (Å²) < 4.78 is 5.37. The Labute approximate surface area is 178 Å². The maximum atomic E-state index is 11.1. The lowest BCUT2D eigenvalue weighted by atomic mass is 9.98. The number of aromatic hydroxyl groups is 1. The van der Waals surface area contributed by atoms with Crippen molar-refractivity contribution in [1.29, 1.82) is 0 Å². The number of carbonyl (C=O) groups excluding carboxylic acids is 1. The van der Waals surface area contributed by atoms with Crippen molar-refractivity contribution in [2.24, 2.45) is 0 Å². The highest BCUT2D eigenvalue weighted by molar-refractivity contribution is 6.36. The lowest BCUT2D eigenvalue weighted by Gasteiger charge is -2.13. The number of hydrogen-bond donors (Lipinski definition) is 1. The standard InChI is InChI=1S/C22H17Cl3O3/c1-13(26)12-28-17-10-20(24)19(21(25)11-17)8-14-5-6-22(27)18(7-14)15-3-2-4-16(23)9-15/h2-7,9-11,27H,8,12H2,1H3. The van der Waals surface area contributed by atoms with Gasteiger partial charge in [-0.3, -0.25) is 4.79 Å². The summed E-state index contributed by atoms with van der Waals surface area (Å²) in [6.45, 7) is 1.41. The van der Waals surface area contributed by atoms with E-state index >= 15 is 0 Å². The Morgan fingerprint density at radius 3 is 2.36 bits per heavy atom. The van der Waals surface area contributed by atoms with Gasteiger partial charge in [-0.25, -0.2) is 0 Å². The number of ketones is 1. The van der Waals surface area contributed by atoms with Gasteiger partial charge in [-0.1, -0.05) is 53.0 Å². The average molecular weight is 436 g/mol. The maximum Gasteiger partial charge on any atom is 0.167 e. The van der Waals surface area contributed by atoms with Crippen molar-refractivity contribution in [1.82, 2.24) is 0 Å². The van der Waals surface area contributed by atoms with Crippen LogP contribution in [0.4, 0.5) is 0 Å². The molecule has 0 atom stereocenters. The van der Waals surface area contributed by atoms with Gasteiger partial charge < -0.3 is 9.84 Å². The first-order chi connectivity index (χ1) is 13.3. The van der Waals surface area contributed by atoms with Gasteiger partial charge in [0.15, 0.2) is 5.78 Å². The van der Waals surface area contributed by atoms with Gasteiger partial charge in [-0.2, -0.15) is 0 Å². The molecule has 0 fully saturated rings. The first-order valence-corrected chi connectivity index (χ1v) is 9.65. The van der Waals surface area contributed by atoms with Crippen LogP contribution in [0.5, 0.6) is 11.5 Å². The van der Waals surface area contributed by atoms with Crippen molar-refractivity contribution in [3.8, 4) is 22.6 Å². The van der Waals surface area contributed by atoms with Crippen molar-refractivity contribution in [2.45, 2.75) is 13.3 Å². The Balaban J connectivity index is 1.90. The van der Waals surface area contributed by atoms with Gasteiger partial charge in [0.2, 0.25) is 0 Å². The summed E-state index contributed by atoms with van der Waals surface area (Å²) >= 11 is 18.9. The molecule has 0 saturated heterocycles. The molecular formula is C22H17Cl3O3. The van der Waals surface area contributed by atoms with Gasteiger partial charge in [-0.05, 0) is 60.0 Å². The SMILES string of the molecule is CC(=O)COc1cc(Cl)c(Cc2ccc(O)c(-c3cccc(Cl)c3)c2)c(Cl)c1. The van der Waals surface area contributed by atoms with E-state index in [1.165, 1.54) is 6.92 Å². The highest BCUT2D eigenvalue weighted by Crippen LogP contribution is 2.35. The minimum Gasteiger partial charge on any atom is -0.507 e. The molecule has 0 aliphatic heterocycles. The van der Waals surface area contributed by atoms with Gasteiger partial charge in [0.25, 0.3) is 0 Å². The van der Waals surface area contributed by atoms with E-state index in [-0.39, 0.29) is 18.1 Å². The first kappa shape index (κ1) is 20.5. The number of benzene rings is 3. The molecular weight excluding hydrogens is 419 g/mol. The quantitative estimate of drug-likeness (QED) is 0.476. The Hall–Kier alpha value is -2.20. The van der Waals surface area contributed by atoms with E-state index < -0.39 is 0 Å². The number of phenolic OH excluding ortho intramolecular Hbond substituents is 1. The smallest absolute Gasteiger partial charge is 0.167 e. The van der Waals surface area contributed by atoms with E-state index in [2.05, 4.69) is 0 Å². The molecule has 3 nitrogen and oxygen atoms in total. The van der Waals surface area contributed by atoms with Gasteiger partial charge in [-0.15, -0.1) is 0 Å². The van der Waals surface area contributed by atoms with E-state index in [1.54, 1.807) is 30.3 Å². The Morgan fingerprint density at radius 1 is 1.00 bits per heavy atom. The molecule has 0 spiro atoms. The number of halogens is 3. The zero-order valence-electron chi connectivity index (χ0n) is 15.0. The molecule has 0 saturated carbocycles. The first-order valence-electron chi connectivity index (χ1n) is 8.51. The fourth-order valence-corrected chi connectivity index (χ4v) is 3.59. The lowest BCUT2D eigenvalue weighted by molar-refractivity contribution is -0.118. The van der Waals surface area contributed by atoms with Crippen LogP contribution >= 0.6 is 34.8 Å². The molecule has 0 aliphatic carbocycles. The molecule has 0 radical (unpaired) electrons. The summed E-state index contributed by atoms with van der Waals surface area (Å²) in [4.78, 5) is 11.1. The number of ether oxygens (including phenoxy) is 1. The van der Waals surface area contributed by atoms with Gasteiger partial charge >= 0.3 is 0 Å². The summed E-state index contributed by atoms with van der Waals surface area (Å²) in [5, 5.41) is 11.7. The lowest BCUT2D eigenvalue weighted by Crippen LogP contribution is -2.06. The van der Waals surface area contributed by atoms with Crippen LogP contribution in [0.1, 0.15) is 18.1 Å². The van der Waals surface area contributed by atoms with Crippen molar-refractivity contribution in [2.75, 3.05) is 6.61 Å². The molecule has 3 rings (SSSR count). The predicted molar refractivity (Wildman–Crippen MR) is 114 cm³/mol. The second kappa shape index (κ2) is 8.87. The van der Waals surface area contributed by atoms with Crippen LogP contribution in [0.2, 0.25) is 15.1 Å². The summed E-state index contributed by atoms with van der Waals surface area (Å²) in [5.41, 5.74) is 3.15. The molecule has 0 aromatic heterocycles. The molecule has 0 amide bonds. The van der Waals surface area contributed by atoms with Crippen LogP contribution in [-0.4, -0.2) is 17.5 Å². The van der Waals surface area contributed by atoms with Gasteiger partial charge in [0.05, 0.1) is 0 Å². The fourth-order valence-electron chi connectivity index (χ4n) is 2.80. The second-order valence-corrected chi connectivity index (χ2v) is 7.65. The summed E-state index contributed by atoms with van der Waals surface area (Å²) in [5.74, 6) is 0.518. The van der Waals surface area contributed by atoms with Crippen LogP contribution in [0.3, 0.4) is 0 Å². The van der Waals surface area contributed by atoms with Gasteiger partial charge in [0.1, 0.15) is 18.1 Å². The van der Waals surface area contributed by atoms with E-state index in [1.807, 2.05) is 24.3 Å². The van der Waals surface area contributed by atoms with Crippen LogP contribution < -0.4 is 4.74 Å². The zero-order chi connectivity index (χ0) is 20.3. The molecule has 0 aliphatic rings. The molecule has 0 unspecified atom stereocenters. The number of carbonyl (C=O) groups is 1. The minimum absolute atomic E-state index is 0.0348. The molecule has 0 bridgehead atoms. The van der Waals surface area contributed by atoms with Crippen molar-refractivity contribution in [3.63, 3.8) is 0 Å². The molecule has 0 heterocycles. The monoisotopic (exact) mass is 434 g/mol. The normalized spacial score (nSPS) is 10.7. The zero-order valence-corrected chi connectivity index (χ0v) is 17.3. The van der Waals surface area contributed by atoms with Crippen molar-refractivity contribution in [3.05, 3.63) is 80.8 Å². The Morgan fingerprint density at radius 2 is 1.71 bits per heavy atom. The third-order valence-electron chi connectivity index (χ3n) is 4.13. The topological polar surface area (TPSA) is 46.5 Å². The second-order valence-electron chi connectivity index (χ2n) is 6.39.